The van der Waals surface area contributed by atoms with Gasteiger partial charge in [0.1, 0.15) is 0 Å². The molecule has 0 saturated heterocycles. The van der Waals surface area contributed by atoms with Gasteiger partial charge >= 0.3 is 5.97 Å². The fraction of sp³-hybridized carbons (Fsp3) is 0.0833. The summed E-state index contributed by atoms with van der Waals surface area (Å²) in [5.74, 6) is -4.30. The first kappa shape index (κ1) is 13.7. The largest absolute Gasteiger partial charge is 0.476 e. The lowest BCUT2D eigenvalue weighted by atomic mass is 10.2. The van der Waals surface area contributed by atoms with Gasteiger partial charge < -0.3 is 10.4 Å². The number of aryl methyl sites for hydroxylation is 1. The van der Waals surface area contributed by atoms with Crippen LogP contribution in [0.3, 0.4) is 0 Å². The lowest BCUT2D eigenvalue weighted by Gasteiger charge is -2.04. The molecule has 1 amide bonds. The Morgan fingerprint density at radius 3 is 2.60 bits per heavy atom. The number of carbonyl (C=O) groups excluding carboxylic acids is 1. The molecule has 0 aliphatic heterocycles. The van der Waals surface area contributed by atoms with Crippen LogP contribution >= 0.6 is 0 Å². The molecule has 1 aromatic heterocycles. The molecule has 2 N–H and O–H groups in total. The SMILES string of the molecule is Cn1cc(C(=O)Nc2ccc(F)c(F)c2)c(C(=O)O)n1. The van der Waals surface area contributed by atoms with Gasteiger partial charge in [-0.1, -0.05) is 0 Å². The molecule has 0 bridgehead atoms. The molecule has 8 heteroatoms. The fourth-order valence-electron chi connectivity index (χ4n) is 1.58. The van der Waals surface area contributed by atoms with Crippen molar-refractivity contribution in [3.63, 3.8) is 0 Å². The molecular weight excluding hydrogens is 272 g/mol. The van der Waals surface area contributed by atoms with Gasteiger partial charge in [0.2, 0.25) is 0 Å². The van der Waals surface area contributed by atoms with Crippen molar-refractivity contribution in [2.24, 2.45) is 7.05 Å². The Bertz CT molecular complexity index is 697. The minimum atomic E-state index is -1.36. The van der Waals surface area contributed by atoms with Crippen molar-refractivity contribution in [1.82, 2.24) is 9.78 Å². The van der Waals surface area contributed by atoms with Gasteiger partial charge in [0.25, 0.3) is 5.91 Å². The van der Waals surface area contributed by atoms with Crippen LogP contribution in [0, 0.1) is 11.6 Å². The number of aromatic nitrogens is 2. The van der Waals surface area contributed by atoms with Crippen LogP contribution < -0.4 is 5.32 Å². The van der Waals surface area contributed by atoms with Crippen molar-refractivity contribution < 1.29 is 23.5 Å². The molecule has 0 spiro atoms. The lowest BCUT2D eigenvalue weighted by Crippen LogP contribution is -2.15. The van der Waals surface area contributed by atoms with Gasteiger partial charge in [-0.05, 0) is 12.1 Å². The summed E-state index contributed by atoms with van der Waals surface area (Å²) in [6, 6.07) is 2.81. The first-order chi connectivity index (χ1) is 9.38. The highest BCUT2D eigenvalue weighted by Crippen LogP contribution is 2.15. The summed E-state index contributed by atoms with van der Waals surface area (Å²) in [5.41, 5.74) is -0.591. The van der Waals surface area contributed by atoms with Gasteiger partial charge in [-0.15, -0.1) is 0 Å². The second-order valence-electron chi connectivity index (χ2n) is 3.95. The second kappa shape index (κ2) is 5.08. The summed E-state index contributed by atoms with van der Waals surface area (Å²) >= 11 is 0. The normalized spacial score (nSPS) is 10.3. The predicted octanol–water partition coefficient (Wildman–Crippen LogP) is 1.65. The maximum atomic E-state index is 13.0. The zero-order chi connectivity index (χ0) is 14.9. The van der Waals surface area contributed by atoms with Gasteiger partial charge in [0.15, 0.2) is 17.3 Å². The highest BCUT2D eigenvalue weighted by molar-refractivity contribution is 6.09. The van der Waals surface area contributed by atoms with Gasteiger partial charge in [-0.2, -0.15) is 5.10 Å². The van der Waals surface area contributed by atoms with E-state index in [9.17, 15) is 18.4 Å². The Kier molecular flexibility index (Phi) is 3.47. The average Bonchev–Trinajstić information content (AvgIpc) is 2.76. The van der Waals surface area contributed by atoms with Crippen LogP contribution in [0.1, 0.15) is 20.8 Å². The molecule has 1 aromatic carbocycles. The van der Waals surface area contributed by atoms with Crippen molar-refractivity contribution in [2.75, 3.05) is 5.32 Å². The van der Waals surface area contributed by atoms with E-state index in [1.807, 2.05) is 0 Å². The number of nitrogens with one attached hydrogen (secondary N) is 1. The molecule has 0 radical (unpaired) electrons. The Labute approximate surface area is 111 Å². The molecular formula is C12H9F2N3O3. The van der Waals surface area contributed by atoms with Crippen LogP contribution in [0.25, 0.3) is 0 Å². The van der Waals surface area contributed by atoms with Gasteiger partial charge in [-0.3, -0.25) is 9.48 Å². The molecule has 104 valence electrons. The molecule has 1 heterocycles. The van der Waals surface area contributed by atoms with Crippen LogP contribution in [-0.2, 0) is 7.05 Å². The first-order valence-electron chi connectivity index (χ1n) is 5.42. The number of carboxylic acids is 1. The zero-order valence-electron chi connectivity index (χ0n) is 10.2. The van der Waals surface area contributed by atoms with Gasteiger partial charge in [0, 0.05) is 25.0 Å². The number of anilines is 1. The van der Waals surface area contributed by atoms with Crippen molar-refractivity contribution in [2.45, 2.75) is 0 Å². The monoisotopic (exact) mass is 281 g/mol. The van der Waals surface area contributed by atoms with E-state index in [-0.39, 0.29) is 11.3 Å². The molecule has 0 saturated carbocycles. The number of hydrogen-bond donors (Lipinski definition) is 2. The highest BCUT2D eigenvalue weighted by atomic mass is 19.2. The minimum Gasteiger partial charge on any atom is -0.476 e. The summed E-state index contributed by atoms with van der Waals surface area (Å²) in [6.07, 6.45) is 1.22. The predicted molar refractivity (Wildman–Crippen MR) is 64.5 cm³/mol. The Morgan fingerprint density at radius 1 is 1.30 bits per heavy atom. The van der Waals surface area contributed by atoms with E-state index in [4.69, 9.17) is 5.11 Å². The van der Waals surface area contributed by atoms with Crippen molar-refractivity contribution in [3.05, 3.63) is 47.3 Å². The lowest BCUT2D eigenvalue weighted by molar-refractivity contribution is 0.0685. The van der Waals surface area contributed by atoms with E-state index in [0.717, 1.165) is 18.2 Å². The van der Waals surface area contributed by atoms with Crippen LogP contribution in [0.5, 0.6) is 0 Å². The van der Waals surface area contributed by atoms with Crippen LogP contribution in [-0.4, -0.2) is 26.8 Å². The minimum absolute atomic E-state index is 0.00842. The van der Waals surface area contributed by atoms with Crippen molar-refractivity contribution in [3.8, 4) is 0 Å². The van der Waals surface area contributed by atoms with Crippen molar-refractivity contribution in [1.29, 1.82) is 0 Å². The van der Waals surface area contributed by atoms with E-state index < -0.39 is 29.2 Å². The Hall–Kier alpha value is -2.77. The third-order valence-corrected chi connectivity index (χ3v) is 2.45. The van der Waals surface area contributed by atoms with Crippen LogP contribution in [0.15, 0.2) is 24.4 Å². The van der Waals surface area contributed by atoms with E-state index in [1.165, 1.54) is 17.9 Å². The number of halogens is 2. The summed E-state index contributed by atoms with van der Waals surface area (Å²) in [5, 5.41) is 14.8. The number of aromatic carboxylic acids is 1. The highest BCUT2D eigenvalue weighted by Gasteiger charge is 2.21. The average molecular weight is 281 g/mol. The standard InChI is InChI=1S/C12H9F2N3O3/c1-17-5-7(10(16-17)12(19)20)11(18)15-6-2-3-8(13)9(14)4-6/h2-5H,1H3,(H,15,18)(H,19,20). The molecule has 0 aliphatic rings. The van der Waals surface area contributed by atoms with E-state index >= 15 is 0 Å². The zero-order valence-corrected chi connectivity index (χ0v) is 10.2. The molecule has 2 rings (SSSR count). The fourth-order valence-corrected chi connectivity index (χ4v) is 1.58. The summed E-state index contributed by atoms with van der Waals surface area (Å²) in [6.45, 7) is 0. The van der Waals surface area contributed by atoms with Crippen LogP contribution in [0.2, 0.25) is 0 Å². The van der Waals surface area contributed by atoms with Gasteiger partial charge in [-0.25, -0.2) is 13.6 Å². The third-order valence-electron chi connectivity index (χ3n) is 2.45. The maximum Gasteiger partial charge on any atom is 0.357 e. The van der Waals surface area contributed by atoms with Crippen molar-refractivity contribution >= 4 is 17.6 Å². The molecule has 20 heavy (non-hydrogen) atoms. The molecule has 0 atom stereocenters. The second-order valence-corrected chi connectivity index (χ2v) is 3.95. The first-order valence-corrected chi connectivity index (χ1v) is 5.42. The summed E-state index contributed by atoms with van der Waals surface area (Å²) in [4.78, 5) is 22.8. The quantitative estimate of drug-likeness (QED) is 0.896. The molecule has 0 unspecified atom stereocenters. The third kappa shape index (κ3) is 2.63. The molecule has 0 fully saturated rings. The maximum absolute atomic E-state index is 13.0. The number of amides is 1. The van der Waals surface area contributed by atoms with E-state index in [0.29, 0.717) is 0 Å². The molecule has 6 nitrogen and oxygen atoms in total. The topological polar surface area (TPSA) is 84.2 Å². The molecule has 2 aromatic rings. The van der Waals surface area contributed by atoms with E-state index in [2.05, 4.69) is 10.4 Å². The number of carboxylic acid groups (broad SMARTS) is 1. The van der Waals surface area contributed by atoms with Gasteiger partial charge in [0.05, 0.1) is 5.56 Å². The Balaban J connectivity index is 2.28. The summed E-state index contributed by atoms with van der Waals surface area (Å²) in [7, 11) is 1.46. The van der Waals surface area contributed by atoms with E-state index in [1.54, 1.807) is 0 Å². The number of carbonyl (C=O) groups is 2. The molecule has 0 aliphatic carbocycles. The summed E-state index contributed by atoms with van der Waals surface area (Å²) < 4.78 is 26.9. The number of nitrogens with zero attached hydrogens (tertiary/aromatic N) is 2. The smallest absolute Gasteiger partial charge is 0.357 e. The number of benzene rings is 1. The number of rotatable bonds is 3. The van der Waals surface area contributed by atoms with Crippen LogP contribution in [0.4, 0.5) is 14.5 Å². The Morgan fingerprint density at radius 2 is 2.00 bits per heavy atom. The number of hydrogen-bond acceptors (Lipinski definition) is 3.